The molecule has 0 aliphatic heterocycles. The van der Waals surface area contributed by atoms with E-state index in [1.807, 2.05) is 0 Å². The Morgan fingerprint density at radius 3 is 2.59 bits per heavy atom. The van der Waals surface area contributed by atoms with Gasteiger partial charge in [-0.2, -0.15) is 0 Å². The second kappa shape index (κ2) is 9.52. The third-order valence-electron chi connectivity index (χ3n) is 2.76. The highest BCUT2D eigenvalue weighted by Gasteiger charge is 2.02. The van der Waals surface area contributed by atoms with Crippen molar-refractivity contribution in [2.75, 3.05) is 11.9 Å². The zero-order valence-corrected chi connectivity index (χ0v) is 12.3. The first-order chi connectivity index (χ1) is 8.38. The molecule has 17 heavy (non-hydrogen) atoms. The second-order valence-electron chi connectivity index (χ2n) is 4.31. The summed E-state index contributed by atoms with van der Waals surface area (Å²) in [6.07, 6.45) is 7.40. The van der Waals surface area contributed by atoms with Crippen LogP contribution in [0.4, 0.5) is 0 Å². The molecular weight excluding hydrogens is 276 g/mol. The van der Waals surface area contributed by atoms with Crippen LogP contribution in [0.25, 0.3) is 0 Å². The van der Waals surface area contributed by atoms with E-state index < -0.39 is 0 Å². The lowest BCUT2D eigenvalue weighted by Crippen LogP contribution is -1.99. The molecule has 0 aliphatic carbocycles. The number of unbranched alkanes of at least 4 members (excludes halogenated alkanes) is 3. The van der Waals surface area contributed by atoms with E-state index in [9.17, 15) is 0 Å². The number of hydrogen-bond donors (Lipinski definition) is 0. The monoisotopic (exact) mass is 298 g/mol. The topological polar surface area (TPSA) is 9.23 Å². The van der Waals surface area contributed by atoms with Crippen molar-refractivity contribution in [1.29, 1.82) is 0 Å². The van der Waals surface area contributed by atoms with Gasteiger partial charge in [0.15, 0.2) is 0 Å². The molecule has 1 aromatic carbocycles. The molecule has 0 spiro atoms. The minimum atomic E-state index is 0.820. The summed E-state index contributed by atoms with van der Waals surface area (Å²) >= 11 is 3.47. The molecule has 0 aliphatic rings. The Labute approximate surface area is 114 Å². The summed E-state index contributed by atoms with van der Waals surface area (Å²) in [6, 6.07) is 8.44. The largest absolute Gasteiger partial charge is 0.493 e. The first-order valence-corrected chi connectivity index (χ1v) is 7.77. The minimum absolute atomic E-state index is 0.820. The van der Waals surface area contributed by atoms with Gasteiger partial charge in [0.05, 0.1) is 6.61 Å². The molecule has 1 rings (SSSR count). The van der Waals surface area contributed by atoms with E-state index in [4.69, 9.17) is 4.74 Å². The molecule has 0 saturated heterocycles. The van der Waals surface area contributed by atoms with Gasteiger partial charge in [0.1, 0.15) is 5.75 Å². The molecule has 1 nitrogen and oxygen atoms in total. The number of aryl methyl sites for hydroxylation is 1. The number of alkyl halides is 1. The molecule has 0 bridgehead atoms. The van der Waals surface area contributed by atoms with E-state index >= 15 is 0 Å². The van der Waals surface area contributed by atoms with Gasteiger partial charge in [0.2, 0.25) is 0 Å². The van der Waals surface area contributed by atoms with Gasteiger partial charge in [-0.25, -0.2) is 0 Å². The Morgan fingerprint density at radius 1 is 1.06 bits per heavy atom. The Hall–Kier alpha value is -0.500. The summed E-state index contributed by atoms with van der Waals surface area (Å²) in [5.41, 5.74) is 1.36. The Kier molecular flexibility index (Phi) is 8.16. The number of halogens is 1. The van der Waals surface area contributed by atoms with Crippen molar-refractivity contribution in [2.45, 2.75) is 45.4 Å². The highest BCUT2D eigenvalue weighted by atomic mass is 79.9. The zero-order chi connectivity index (χ0) is 12.3. The summed E-state index contributed by atoms with van der Waals surface area (Å²) in [5, 5.41) is 1.13. The quantitative estimate of drug-likeness (QED) is 0.462. The Morgan fingerprint density at radius 2 is 1.82 bits per heavy atom. The predicted octanol–water partition coefficient (Wildman–Crippen LogP) is 4.97. The fourth-order valence-electron chi connectivity index (χ4n) is 1.83. The molecule has 0 unspecified atom stereocenters. The van der Waals surface area contributed by atoms with Crippen LogP contribution >= 0.6 is 15.9 Å². The molecule has 0 fully saturated rings. The summed E-state index contributed by atoms with van der Waals surface area (Å²) in [4.78, 5) is 0. The molecule has 0 heterocycles. The minimum Gasteiger partial charge on any atom is -0.493 e. The summed E-state index contributed by atoms with van der Waals surface area (Å²) in [6.45, 7) is 2.96. The fraction of sp³-hybridized carbons (Fsp3) is 0.600. The third kappa shape index (κ3) is 6.11. The molecule has 0 radical (unpaired) electrons. The van der Waals surface area contributed by atoms with Crippen molar-refractivity contribution in [1.82, 2.24) is 0 Å². The second-order valence-corrected chi connectivity index (χ2v) is 5.10. The van der Waals surface area contributed by atoms with Gasteiger partial charge in [0.25, 0.3) is 0 Å². The van der Waals surface area contributed by atoms with Gasteiger partial charge in [-0.1, -0.05) is 53.9 Å². The molecule has 96 valence electrons. The van der Waals surface area contributed by atoms with Crippen molar-refractivity contribution >= 4 is 15.9 Å². The molecule has 1 aromatic rings. The van der Waals surface area contributed by atoms with E-state index in [2.05, 4.69) is 47.1 Å². The predicted molar refractivity (Wildman–Crippen MR) is 78.2 cm³/mol. The average Bonchev–Trinajstić information content (AvgIpc) is 2.37. The number of benzene rings is 1. The number of para-hydroxylation sites is 1. The fourth-order valence-corrected chi connectivity index (χ4v) is 2.22. The van der Waals surface area contributed by atoms with E-state index in [0.29, 0.717) is 0 Å². The third-order valence-corrected chi connectivity index (χ3v) is 3.32. The Balaban J connectivity index is 2.35. The van der Waals surface area contributed by atoms with Crippen molar-refractivity contribution in [3.63, 3.8) is 0 Å². The smallest absolute Gasteiger partial charge is 0.122 e. The molecule has 0 amide bonds. The lowest BCUT2D eigenvalue weighted by Gasteiger charge is -2.10. The molecule has 0 N–H and O–H groups in total. The van der Waals surface area contributed by atoms with E-state index in [1.54, 1.807) is 0 Å². The van der Waals surface area contributed by atoms with Gasteiger partial charge in [0, 0.05) is 5.33 Å². The van der Waals surface area contributed by atoms with Crippen LogP contribution in [0.3, 0.4) is 0 Å². The van der Waals surface area contributed by atoms with Crippen molar-refractivity contribution in [2.24, 2.45) is 0 Å². The van der Waals surface area contributed by atoms with Crippen molar-refractivity contribution in [3.8, 4) is 5.75 Å². The summed E-state index contributed by atoms with van der Waals surface area (Å²) in [7, 11) is 0. The van der Waals surface area contributed by atoms with Crippen LogP contribution in [0.1, 0.15) is 44.6 Å². The van der Waals surface area contributed by atoms with Crippen LogP contribution in [0.2, 0.25) is 0 Å². The molecule has 2 heteroatoms. The van der Waals surface area contributed by atoms with Crippen LogP contribution in [0.15, 0.2) is 24.3 Å². The van der Waals surface area contributed by atoms with Gasteiger partial charge in [-0.05, 0) is 37.3 Å². The maximum absolute atomic E-state index is 5.76. The SMILES string of the molecule is CCCOc1ccccc1CCCCCCBr. The van der Waals surface area contributed by atoms with Gasteiger partial charge < -0.3 is 4.74 Å². The lowest BCUT2D eigenvalue weighted by molar-refractivity contribution is 0.314. The summed E-state index contributed by atoms with van der Waals surface area (Å²) < 4.78 is 5.76. The Bertz CT molecular complexity index is 299. The summed E-state index contributed by atoms with van der Waals surface area (Å²) in [5.74, 6) is 1.08. The van der Waals surface area contributed by atoms with E-state index in [0.717, 1.165) is 30.5 Å². The van der Waals surface area contributed by atoms with Gasteiger partial charge in [-0.3, -0.25) is 0 Å². The molecule has 0 aromatic heterocycles. The molecule has 0 saturated carbocycles. The van der Waals surface area contributed by atoms with Gasteiger partial charge >= 0.3 is 0 Å². The van der Waals surface area contributed by atoms with Crippen molar-refractivity contribution in [3.05, 3.63) is 29.8 Å². The van der Waals surface area contributed by atoms with Crippen LogP contribution in [-0.2, 0) is 6.42 Å². The highest BCUT2D eigenvalue weighted by Crippen LogP contribution is 2.20. The maximum atomic E-state index is 5.76. The van der Waals surface area contributed by atoms with Crippen molar-refractivity contribution < 1.29 is 4.74 Å². The van der Waals surface area contributed by atoms with E-state index in [-0.39, 0.29) is 0 Å². The zero-order valence-electron chi connectivity index (χ0n) is 10.8. The number of ether oxygens (including phenoxy) is 1. The molecular formula is C15H23BrO. The van der Waals surface area contributed by atoms with E-state index in [1.165, 1.54) is 31.2 Å². The first-order valence-electron chi connectivity index (χ1n) is 6.65. The maximum Gasteiger partial charge on any atom is 0.122 e. The van der Waals surface area contributed by atoms with Crippen LogP contribution in [0, 0.1) is 0 Å². The normalized spacial score (nSPS) is 10.5. The van der Waals surface area contributed by atoms with Crippen LogP contribution in [0.5, 0.6) is 5.75 Å². The highest BCUT2D eigenvalue weighted by molar-refractivity contribution is 9.09. The number of rotatable bonds is 9. The lowest BCUT2D eigenvalue weighted by atomic mass is 10.1. The number of hydrogen-bond acceptors (Lipinski definition) is 1. The van der Waals surface area contributed by atoms with Gasteiger partial charge in [-0.15, -0.1) is 0 Å². The first kappa shape index (κ1) is 14.6. The average molecular weight is 299 g/mol. The standard InChI is InChI=1S/C15H23BrO/c1-2-13-17-15-11-7-6-10-14(15)9-5-3-4-8-12-16/h6-7,10-11H,2-5,8-9,12-13H2,1H3. The van der Waals surface area contributed by atoms with Crippen LogP contribution < -0.4 is 4.74 Å². The van der Waals surface area contributed by atoms with Crippen LogP contribution in [-0.4, -0.2) is 11.9 Å². The molecule has 0 atom stereocenters.